The number of alkyl halides is 3. The second kappa shape index (κ2) is 15.9. The van der Waals surface area contributed by atoms with Crippen molar-refractivity contribution in [3.63, 3.8) is 0 Å². The maximum atomic E-state index is 15.7. The third-order valence-electron chi connectivity index (χ3n) is 13.6. The fraction of sp³-hybridized carbons (Fsp3) is 0.0847. The zero-order valence-corrected chi connectivity index (χ0v) is 38.6. The number of benzene rings is 8. The van der Waals surface area contributed by atoms with Crippen LogP contribution in [0.1, 0.15) is 52.9 Å². The zero-order valence-electron chi connectivity index (χ0n) is 36.3. The summed E-state index contributed by atoms with van der Waals surface area (Å²) in [6.45, 7) is 4.35. The predicted molar refractivity (Wildman–Crippen MR) is 258 cm³/mol. The van der Waals surface area contributed by atoms with Crippen molar-refractivity contribution in [2.24, 2.45) is 0 Å². The normalized spacial score (nSPS) is 13.1. The summed E-state index contributed by atoms with van der Waals surface area (Å²) in [5.74, 6) is 0.354. The molecule has 0 saturated carbocycles. The first-order chi connectivity index (χ1) is 32.1. The number of halogens is 3. The fourth-order valence-corrected chi connectivity index (χ4v) is 10.4. The van der Waals surface area contributed by atoms with Crippen LogP contribution >= 0.6 is 0 Å². The molecule has 0 amide bonds. The quantitative estimate of drug-likeness (QED) is 0.149. The first-order valence-corrected chi connectivity index (χ1v) is 22.0. The van der Waals surface area contributed by atoms with Gasteiger partial charge < -0.3 is 4.98 Å². The molecule has 0 unspecified atom stereocenters. The van der Waals surface area contributed by atoms with Crippen molar-refractivity contribution in [3.05, 3.63) is 245 Å². The molecule has 0 bridgehead atoms. The molecular formula is C59H39F3N4Pt. The molecule has 0 radical (unpaired) electrons. The molecule has 67 heavy (non-hydrogen) atoms. The van der Waals surface area contributed by atoms with Gasteiger partial charge in [-0.05, 0) is 74.5 Å². The summed E-state index contributed by atoms with van der Waals surface area (Å²) in [4.78, 5) is 15.6. The molecule has 0 N–H and O–H groups in total. The standard InChI is InChI=1S/C59H39F3N4.Pt/c1-57(2,38-19-5-3-6-20-38)40-35-46-45-26-11-14-29-51(45)64-53(46)47(36-40)56-65-54-42(31-32-50(59(60,61)62)55(54)66(56)41-22-7-4-8-23-41)37-18-17-21-39(34-37)58(52-30-15-16-33-63-52)48-27-12-9-24-43(48)44-25-10-13-28-49(44)58;/h3-33,35-36H,1-2H3;/q-2;+2. The van der Waals surface area contributed by atoms with Crippen LogP contribution in [0.5, 0.6) is 0 Å². The molecule has 12 rings (SSSR count). The number of nitrogens with zero attached hydrogens (tertiary/aromatic N) is 4. The molecule has 326 valence electrons. The van der Waals surface area contributed by atoms with Crippen LogP contribution in [0.4, 0.5) is 13.2 Å². The molecule has 3 aromatic heterocycles. The smallest absolute Gasteiger partial charge is 0.656 e. The summed E-state index contributed by atoms with van der Waals surface area (Å²) < 4.78 is 48.7. The Kier molecular flexibility index (Phi) is 10.1. The Hall–Kier alpha value is -7.34. The fourth-order valence-electron chi connectivity index (χ4n) is 10.4. The average Bonchev–Trinajstić information content (AvgIpc) is 4.03. The molecule has 0 spiro atoms. The van der Waals surface area contributed by atoms with E-state index >= 15 is 13.2 Å². The summed E-state index contributed by atoms with van der Waals surface area (Å²) >= 11 is 0. The maximum absolute atomic E-state index is 15.7. The molecule has 3 heterocycles. The van der Waals surface area contributed by atoms with Crippen molar-refractivity contribution >= 4 is 32.8 Å². The monoisotopic (exact) mass is 1060 g/mol. The number of aromatic nitrogens is 4. The van der Waals surface area contributed by atoms with Crippen molar-refractivity contribution in [2.75, 3.05) is 0 Å². The largest absolute Gasteiger partial charge is 2.00 e. The molecule has 8 aromatic carbocycles. The average molecular weight is 1060 g/mol. The number of imidazole rings is 1. The van der Waals surface area contributed by atoms with Crippen LogP contribution in [0.15, 0.2) is 200 Å². The van der Waals surface area contributed by atoms with Gasteiger partial charge in [0.1, 0.15) is 5.82 Å². The molecule has 0 fully saturated rings. The minimum absolute atomic E-state index is 0. The van der Waals surface area contributed by atoms with Gasteiger partial charge in [0.2, 0.25) is 0 Å². The Bertz CT molecular complexity index is 3620. The van der Waals surface area contributed by atoms with Gasteiger partial charge in [0.15, 0.2) is 0 Å². The van der Waals surface area contributed by atoms with Crippen LogP contribution in [-0.4, -0.2) is 14.5 Å². The van der Waals surface area contributed by atoms with Gasteiger partial charge in [-0.15, -0.1) is 46.4 Å². The van der Waals surface area contributed by atoms with Gasteiger partial charge in [0.25, 0.3) is 0 Å². The van der Waals surface area contributed by atoms with Crippen molar-refractivity contribution in [2.45, 2.75) is 30.9 Å². The van der Waals surface area contributed by atoms with Gasteiger partial charge in [-0.1, -0.05) is 165 Å². The Balaban J connectivity index is 0.00000494. The van der Waals surface area contributed by atoms with E-state index in [0.29, 0.717) is 33.7 Å². The molecule has 4 nitrogen and oxygen atoms in total. The third-order valence-corrected chi connectivity index (χ3v) is 13.6. The molecule has 0 atom stereocenters. The van der Waals surface area contributed by atoms with E-state index in [4.69, 9.17) is 15.0 Å². The molecule has 0 saturated heterocycles. The van der Waals surface area contributed by atoms with Gasteiger partial charge in [-0.25, -0.2) is 4.98 Å². The first-order valence-electron chi connectivity index (χ1n) is 22.0. The first kappa shape index (κ1) is 42.3. The van der Waals surface area contributed by atoms with Crippen LogP contribution in [-0.2, 0) is 38.1 Å². The maximum Gasteiger partial charge on any atom is 2.00 e. The minimum atomic E-state index is -4.72. The topological polar surface area (TPSA) is 44.8 Å². The van der Waals surface area contributed by atoms with Gasteiger partial charge >= 0.3 is 27.2 Å². The molecule has 1 aliphatic rings. The zero-order chi connectivity index (χ0) is 44.8. The summed E-state index contributed by atoms with van der Waals surface area (Å²) in [6, 6.07) is 66.8. The van der Waals surface area contributed by atoms with E-state index in [1.54, 1.807) is 16.8 Å². The van der Waals surface area contributed by atoms with E-state index in [1.165, 1.54) is 6.07 Å². The van der Waals surface area contributed by atoms with Gasteiger partial charge in [-0.2, -0.15) is 13.2 Å². The Morgan fingerprint density at radius 2 is 1.24 bits per heavy atom. The number of pyridine rings is 1. The summed E-state index contributed by atoms with van der Waals surface area (Å²) in [5.41, 5.74) is 9.79. The molecule has 11 aromatic rings. The molecule has 8 heteroatoms. The predicted octanol–water partition coefficient (Wildman–Crippen LogP) is 14.5. The Labute approximate surface area is 400 Å². The van der Waals surface area contributed by atoms with Crippen LogP contribution in [0, 0.1) is 6.07 Å². The van der Waals surface area contributed by atoms with E-state index in [-0.39, 0.29) is 32.1 Å². The van der Waals surface area contributed by atoms with Crippen molar-refractivity contribution in [1.29, 1.82) is 0 Å². The second-order valence-corrected chi connectivity index (χ2v) is 17.5. The Morgan fingerprint density at radius 3 is 1.94 bits per heavy atom. The van der Waals surface area contributed by atoms with Crippen molar-refractivity contribution in [1.82, 2.24) is 19.5 Å². The van der Waals surface area contributed by atoms with Gasteiger partial charge in [0.05, 0.1) is 27.7 Å². The Morgan fingerprint density at radius 1 is 0.582 bits per heavy atom. The number of rotatable bonds is 7. The number of fused-ring (bicyclic) bond motifs is 7. The summed E-state index contributed by atoms with van der Waals surface area (Å²) in [7, 11) is 0. The van der Waals surface area contributed by atoms with Crippen molar-refractivity contribution in [3.8, 4) is 39.3 Å². The molecule has 0 aliphatic heterocycles. The van der Waals surface area contributed by atoms with E-state index in [2.05, 4.69) is 80.6 Å². The number of hydrogen-bond donors (Lipinski definition) is 0. The van der Waals surface area contributed by atoms with Crippen LogP contribution < -0.4 is 4.98 Å². The van der Waals surface area contributed by atoms with Gasteiger partial charge in [-0.3, -0.25) is 9.55 Å². The minimum Gasteiger partial charge on any atom is -0.656 e. The van der Waals surface area contributed by atoms with Crippen molar-refractivity contribution < 1.29 is 34.2 Å². The number of para-hydroxylation sites is 2. The van der Waals surface area contributed by atoms with Crippen LogP contribution in [0.3, 0.4) is 0 Å². The van der Waals surface area contributed by atoms with E-state index in [0.717, 1.165) is 60.9 Å². The van der Waals surface area contributed by atoms with Crippen LogP contribution in [0.25, 0.3) is 72.2 Å². The SMILES string of the molecule is CC(C)(c1ccccc1)c1cc(-c2nc3c(-c4[c-]c(C5(c6ccccn6)c6ccccc6-c6ccccc65)ccc4)ccc(C(F)(F)F)c3n2-c2ccccc2)c2[n-]c3ccccc3c2c1.[Pt+2]. The molecular weight excluding hydrogens is 1020 g/mol. The second-order valence-electron chi connectivity index (χ2n) is 17.5. The third kappa shape index (κ3) is 6.47. The van der Waals surface area contributed by atoms with E-state index < -0.39 is 22.6 Å². The van der Waals surface area contributed by atoms with E-state index in [9.17, 15) is 0 Å². The summed E-state index contributed by atoms with van der Waals surface area (Å²) in [6.07, 6.45) is -2.91. The number of hydrogen-bond acceptors (Lipinski definition) is 2. The van der Waals surface area contributed by atoms with E-state index in [1.807, 2.05) is 121 Å². The molecule has 1 aliphatic carbocycles. The van der Waals surface area contributed by atoms with Crippen LogP contribution in [0.2, 0.25) is 0 Å². The summed E-state index contributed by atoms with van der Waals surface area (Å²) in [5, 5.41) is 1.87. The van der Waals surface area contributed by atoms with Gasteiger partial charge in [0, 0.05) is 22.9 Å².